The highest BCUT2D eigenvalue weighted by molar-refractivity contribution is 5.97. The van der Waals surface area contributed by atoms with Crippen molar-refractivity contribution in [1.82, 2.24) is 5.32 Å². The summed E-state index contributed by atoms with van der Waals surface area (Å²) in [6.07, 6.45) is 0.0182. The summed E-state index contributed by atoms with van der Waals surface area (Å²) in [7, 11) is 1.25. The fourth-order valence-corrected chi connectivity index (χ4v) is 1.36. The van der Waals surface area contributed by atoms with Gasteiger partial charge in [-0.05, 0) is 18.2 Å². The van der Waals surface area contributed by atoms with Gasteiger partial charge in [0.25, 0.3) is 5.91 Å². The second-order valence-corrected chi connectivity index (χ2v) is 3.85. The number of carbonyl (C=O) groups excluding carboxylic acids is 3. The summed E-state index contributed by atoms with van der Waals surface area (Å²) in [6.45, 7) is -0.161. The molecule has 0 heterocycles. The zero-order chi connectivity index (χ0) is 14.3. The Labute approximate surface area is 110 Å². The van der Waals surface area contributed by atoms with E-state index in [4.69, 9.17) is 0 Å². The van der Waals surface area contributed by atoms with Crippen molar-refractivity contribution < 1.29 is 24.2 Å². The minimum absolute atomic E-state index is 0.00265. The Bertz CT molecular complexity index is 484. The number of nitrogens with one attached hydrogen (secondary N) is 1. The van der Waals surface area contributed by atoms with Gasteiger partial charge >= 0.3 is 5.97 Å². The number of rotatable bonds is 6. The van der Waals surface area contributed by atoms with Crippen molar-refractivity contribution in [3.63, 3.8) is 0 Å². The van der Waals surface area contributed by atoms with Gasteiger partial charge in [-0.2, -0.15) is 0 Å². The van der Waals surface area contributed by atoms with Crippen LogP contribution in [0.5, 0.6) is 5.75 Å². The molecule has 102 valence electrons. The Kier molecular flexibility index (Phi) is 5.53. The molecule has 19 heavy (non-hydrogen) atoms. The van der Waals surface area contributed by atoms with Gasteiger partial charge in [0.05, 0.1) is 20.1 Å². The highest BCUT2D eigenvalue weighted by Gasteiger charge is 2.10. The maximum absolute atomic E-state index is 11.6. The third kappa shape index (κ3) is 5.20. The predicted molar refractivity (Wildman–Crippen MR) is 66.7 cm³/mol. The second kappa shape index (κ2) is 7.15. The molecule has 0 fully saturated rings. The van der Waals surface area contributed by atoms with Gasteiger partial charge in [0.15, 0.2) is 5.78 Å². The summed E-state index contributed by atoms with van der Waals surface area (Å²) in [5.74, 6) is -1.21. The van der Waals surface area contributed by atoms with E-state index in [2.05, 4.69) is 10.1 Å². The Morgan fingerprint density at radius 3 is 2.63 bits per heavy atom. The number of hydrogen-bond acceptors (Lipinski definition) is 5. The molecule has 0 bridgehead atoms. The molecule has 1 amide bonds. The highest BCUT2D eigenvalue weighted by atomic mass is 16.5. The van der Waals surface area contributed by atoms with Crippen LogP contribution in [0, 0.1) is 0 Å². The van der Waals surface area contributed by atoms with E-state index in [0.717, 1.165) is 0 Å². The monoisotopic (exact) mass is 265 g/mol. The van der Waals surface area contributed by atoms with Crippen LogP contribution in [0.1, 0.15) is 23.2 Å². The summed E-state index contributed by atoms with van der Waals surface area (Å²) in [5.41, 5.74) is 0.265. The minimum Gasteiger partial charge on any atom is -0.508 e. The average molecular weight is 265 g/mol. The Balaban J connectivity index is 2.38. The minimum atomic E-state index is -0.465. The molecule has 6 heteroatoms. The lowest BCUT2D eigenvalue weighted by atomic mass is 10.2. The fraction of sp³-hybridized carbons (Fsp3) is 0.308. The van der Waals surface area contributed by atoms with Gasteiger partial charge < -0.3 is 15.2 Å². The number of benzene rings is 1. The van der Waals surface area contributed by atoms with Crippen molar-refractivity contribution in [2.24, 2.45) is 0 Å². The number of esters is 1. The van der Waals surface area contributed by atoms with Crippen molar-refractivity contribution in [3.05, 3.63) is 29.8 Å². The Morgan fingerprint density at radius 2 is 2.00 bits per heavy atom. The molecule has 0 aliphatic carbocycles. The maximum Gasteiger partial charge on any atom is 0.305 e. The van der Waals surface area contributed by atoms with Crippen molar-refractivity contribution in [1.29, 1.82) is 0 Å². The zero-order valence-electron chi connectivity index (χ0n) is 10.5. The van der Waals surface area contributed by atoms with Crippen LogP contribution in [0.25, 0.3) is 0 Å². The highest BCUT2D eigenvalue weighted by Crippen LogP contribution is 2.10. The van der Waals surface area contributed by atoms with Crippen molar-refractivity contribution in [3.8, 4) is 5.75 Å². The van der Waals surface area contributed by atoms with E-state index in [1.165, 1.54) is 31.4 Å². The molecule has 0 saturated carbocycles. The second-order valence-electron chi connectivity index (χ2n) is 3.85. The molecule has 1 aromatic rings. The van der Waals surface area contributed by atoms with Crippen molar-refractivity contribution in [2.75, 3.05) is 13.7 Å². The number of aromatic hydroxyl groups is 1. The van der Waals surface area contributed by atoms with Gasteiger partial charge in [-0.15, -0.1) is 0 Å². The lowest BCUT2D eigenvalue weighted by Crippen LogP contribution is -2.29. The molecule has 0 spiro atoms. The Hall–Kier alpha value is -2.37. The van der Waals surface area contributed by atoms with Gasteiger partial charge in [0.1, 0.15) is 5.75 Å². The van der Waals surface area contributed by atoms with Gasteiger partial charge in [0, 0.05) is 12.0 Å². The van der Waals surface area contributed by atoms with E-state index in [0.29, 0.717) is 0 Å². The standard InChI is InChI=1S/C13H15NO5/c1-19-12(17)6-5-11(16)8-14-13(18)9-3-2-4-10(15)7-9/h2-4,7,15H,5-6,8H2,1H3,(H,14,18). The van der Waals surface area contributed by atoms with E-state index in [9.17, 15) is 19.5 Å². The molecular weight excluding hydrogens is 250 g/mol. The molecule has 0 aliphatic heterocycles. The predicted octanol–water partition coefficient (Wildman–Crippen LogP) is 0.644. The van der Waals surface area contributed by atoms with Crippen LogP contribution in [0.15, 0.2) is 24.3 Å². The fourth-order valence-electron chi connectivity index (χ4n) is 1.36. The Morgan fingerprint density at radius 1 is 1.26 bits per heavy atom. The topological polar surface area (TPSA) is 92.7 Å². The molecule has 0 atom stereocenters. The average Bonchev–Trinajstić information content (AvgIpc) is 2.41. The van der Waals surface area contributed by atoms with E-state index in [1.54, 1.807) is 0 Å². The molecular formula is C13H15NO5. The number of amides is 1. The molecule has 1 aromatic carbocycles. The van der Waals surface area contributed by atoms with Crippen LogP contribution in [0.3, 0.4) is 0 Å². The summed E-state index contributed by atoms with van der Waals surface area (Å²) in [6, 6.07) is 5.80. The third-order valence-electron chi connectivity index (χ3n) is 2.39. The zero-order valence-corrected chi connectivity index (χ0v) is 10.5. The number of Topliss-reactive ketones (excluding diaryl/α,β-unsaturated/α-hetero) is 1. The van der Waals surface area contributed by atoms with Crippen LogP contribution in [0.4, 0.5) is 0 Å². The van der Waals surface area contributed by atoms with E-state index < -0.39 is 11.9 Å². The lowest BCUT2D eigenvalue weighted by Gasteiger charge is -2.04. The van der Waals surface area contributed by atoms with Crippen LogP contribution in [0.2, 0.25) is 0 Å². The number of phenols is 1. The first kappa shape index (κ1) is 14.7. The first-order valence-corrected chi connectivity index (χ1v) is 5.68. The number of ketones is 1. The van der Waals surface area contributed by atoms with E-state index >= 15 is 0 Å². The number of carbonyl (C=O) groups is 3. The van der Waals surface area contributed by atoms with Crippen molar-refractivity contribution in [2.45, 2.75) is 12.8 Å². The molecule has 2 N–H and O–H groups in total. The van der Waals surface area contributed by atoms with E-state index in [1.807, 2.05) is 0 Å². The maximum atomic E-state index is 11.6. The summed E-state index contributed by atoms with van der Waals surface area (Å²) in [4.78, 5) is 33.8. The van der Waals surface area contributed by atoms with Gasteiger partial charge in [0.2, 0.25) is 0 Å². The lowest BCUT2D eigenvalue weighted by molar-refractivity contribution is -0.141. The number of methoxy groups -OCH3 is 1. The molecule has 0 aromatic heterocycles. The van der Waals surface area contributed by atoms with Crippen LogP contribution < -0.4 is 5.32 Å². The first-order valence-electron chi connectivity index (χ1n) is 5.68. The summed E-state index contributed by atoms with van der Waals surface area (Å²) < 4.78 is 4.40. The first-order chi connectivity index (χ1) is 9.02. The molecule has 0 saturated heterocycles. The van der Waals surface area contributed by atoms with Crippen LogP contribution in [-0.2, 0) is 14.3 Å². The summed E-state index contributed by atoms with van der Waals surface area (Å²) in [5, 5.41) is 11.6. The molecule has 0 aliphatic rings. The smallest absolute Gasteiger partial charge is 0.305 e. The van der Waals surface area contributed by atoms with Gasteiger partial charge in [-0.3, -0.25) is 14.4 Å². The normalized spacial score (nSPS) is 9.74. The number of hydrogen-bond donors (Lipinski definition) is 2. The van der Waals surface area contributed by atoms with Gasteiger partial charge in [-0.25, -0.2) is 0 Å². The van der Waals surface area contributed by atoms with Crippen molar-refractivity contribution >= 4 is 17.7 Å². The molecule has 1 rings (SSSR count). The van der Waals surface area contributed by atoms with E-state index in [-0.39, 0.29) is 36.5 Å². The third-order valence-corrected chi connectivity index (χ3v) is 2.39. The quantitative estimate of drug-likeness (QED) is 0.736. The largest absolute Gasteiger partial charge is 0.508 e. The van der Waals surface area contributed by atoms with Crippen LogP contribution in [-0.4, -0.2) is 36.4 Å². The SMILES string of the molecule is COC(=O)CCC(=O)CNC(=O)c1cccc(O)c1. The molecule has 6 nitrogen and oxygen atoms in total. The number of phenolic OH excluding ortho intramolecular Hbond substituents is 1. The van der Waals surface area contributed by atoms with Crippen LogP contribution >= 0.6 is 0 Å². The summed E-state index contributed by atoms with van der Waals surface area (Å²) >= 11 is 0. The molecule has 0 unspecified atom stereocenters. The number of ether oxygens (including phenoxy) is 1. The van der Waals surface area contributed by atoms with Gasteiger partial charge in [-0.1, -0.05) is 6.07 Å². The molecule has 0 radical (unpaired) electrons.